The van der Waals surface area contributed by atoms with Gasteiger partial charge in [-0.25, -0.2) is 8.42 Å². The summed E-state index contributed by atoms with van der Waals surface area (Å²) in [6.07, 6.45) is 2.67. The Bertz CT molecular complexity index is 1230. The molecule has 1 saturated heterocycles. The number of benzene rings is 3. The molecular formula is C26H30N2O4S. The van der Waals surface area contributed by atoms with E-state index in [1.54, 1.807) is 24.1 Å². The first-order valence-corrected chi connectivity index (χ1v) is 12.8. The van der Waals surface area contributed by atoms with Crippen molar-refractivity contribution in [3.8, 4) is 5.75 Å². The van der Waals surface area contributed by atoms with Crippen LogP contribution in [0, 0.1) is 0 Å². The quantitative estimate of drug-likeness (QED) is 0.483. The van der Waals surface area contributed by atoms with Crippen molar-refractivity contribution in [1.29, 1.82) is 0 Å². The summed E-state index contributed by atoms with van der Waals surface area (Å²) >= 11 is 0. The number of fused-ring (bicyclic) bond motifs is 1. The van der Waals surface area contributed by atoms with Crippen molar-refractivity contribution in [1.82, 2.24) is 9.21 Å². The molecule has 1 fully saturated rings. The SMILES string of the molecule is CCCOc1ccc2ccccc2c1CN(C)C(=O)c1ccc(S(=O)(=O)N2CCCC2)cc1. The minimum atomic E-state index is -3.50. The van der Waals surface area contributed by atoms with Crippen molar-refractivity contribution in [3.05, 3.63) is 71.8 Å². The van der Waals surface area contributed by atoms with Crippen LogP contribution in [-0.4, -0.2) is 50.3 Å². The average Bonchev–Trinajstić information content (AvgIpc) is 3.39. The standard InChI is InChI=1S/C26H30N2O4S/c1-3-18-32-25-15-12-20-8-4-5-9-23(20)24(25)19-27(2)26(29)21-10-13-22(14-11-21)33(30,31)28-16-6-7-17-28/h4-5,8-15H,3,6-7,16-19H2,1-2H3. The van der Waals surface area contributed by atoms with Gasteiger partial charge < -0.3 is 9.64 Å². The molecular weight excluding hydrogens is 436 g/mol. The average molecular weight is 467 g/mol. The number of hydrogen-bond donors (Lipinski definition) is 0. The van der Waals surface area contributed by atoms with Crippen LogP contribution in [-0.2, 0) is 16.6 Å². The molecule has 0 unspecified atom stereocenters. The number of amides is 1. The molecule has 4 rings (SSSR count). The highest BCUT2D eigenvalue weighted by atomic mass is 32.2. The predicted octanol–water partition coefficient (Wildman–Crippen LogP) is 4.69. The molecule has 174 valence electrons. The summed E-state index contributed by atoms with van der Waals surface area (Å²) in [5.41, 5.74) is 1.42. The maximum Gasteiger partial charge on any atom is 0.253 e. The van der Waals surface area contributed by atoms with Gasteiger partial charge in [0.15, 0.2) is 0 Å². The molecule has 1 aliphatic heterocycles. The first-order chi connectivity index (χ1) is 15.9. The van der Waals surface area contributed by atoms with Gasteiger partial charge in [0.2, 0.25) is 10.0 Å². The number of hydrogen-bond acceptors (Lipinski definition) is 4. The third kappa shape index (κ3) is 4.89. The summed E-state index contributed by atoms with van der Waals surface area (Å²) in [6.45, 7) is 4.16. The molecule has 0 spiro atoms. The highest BCUT2D eigenvalue weighted by Gasteiger charge is 2.27. The molecule has 7 heteroatoms. The number of nitrogens with zero attached hydrogens (tertiary/aromatic N) is 2. The summed E-state index contributed by atoms with van der Waals surface area (Å²) in [4.78, 5) is 15.0. The normalized spacial score (nSPS) is 14.5. The summed E-state index contributed by atoms with van der Waals surface area (Å²) < 4.78 is 33.0. The Kier molecular flexibility index (Phi) is 7.00. The molecule has 3 aromatic rings. The maximum absolute atomic E-state index is 13.2. The van der Waals surface area contributed by atoms with E-state index >= 15 is 0 Å². The minimum absolute atomic E-state index is 0.172. The highest BCUT2D eigenvalue weighted by Crippen LogP contribution is 2.30. The summed E-state index contributed by atoms with van der Waals surface area (Å²) in [5, 5.41) is 2.14. The van der Waals surface area contributed by atoms with E-state index in [1.807, 2.05) is 36.4 Å². The molecule has 3 aromatic carbocycles. The smallest absolute Gasteiger partial charge is 0.253 e. The van der Waals surface area contributed by atoms with Crippen molar-refractivity contribution in [2.75, 3.05) is 26.7 Å². The van der Waals surface area contributed by atoms with Gasteiger partial charge in [-0.1, -0.05) is 37.3 Å². The molecule has 0 radical (unpaired) electrons. The van der Waals surface area contributed by atoms with Crippen LogP contribution >= 0.6 is 0 Å². The fourth-order valence-corrected chi connectivity index (χ4v) is 5.72. The van der Waals surface area contributed by atoms with Crippen molar-refractivity contribution < 1.29 is 17.9 Å². The number of rotatable bonds is 8. The lowest BCUT2D eigenvalue weighted by Gasteiger charge is -2.21. The van der Waals surface area contributed by atoms with E-state index in [0.29, 0.717) is 31.8 Å². The zero-order chi connectivity index (χ0) is 23.4. The van der Waals surface area contributed by atoms with E-state index in [0.717, 1.165) is 41.3 Å². The van der Waals surface area contributed by atoms with E-state index < -0.39 is 10.0 Å². The molecule has 0 atom stereocenters. The highest BCUT2D eigenvalue weighted by molar-refractivity contribution is 7.89. The summed E-state index contributed by atoms with van der Waals surface area (Å²) in [6, 6.07) is 18.3. The third-order valence-corrected chi connectivity index (χ3v) is 7.92. The van der Waals surface area contributed by atoms with Gasteiger partial charge in [-0.3, -0.25) is 4.79 Å². The molecule has 1 aliphatic rings. The Balaban J connectivity index is 1.56. The minimum Gasteiger partial charge on any atom is -0.493 e. The molecule has 0 bridgehead atoms. The second kappa shape index (κ2) is 9.93. The van der Waals surface area contributed by atoms with Crippen LogP contribution in [0.1, 0.15) is 42.1 Å². The summed E-state index contributed by atoms with van der Waals surface area (Å²) in [7, 11) is -1.74. The molecule has 6 nitrogen and oxygen atoms in total. The second-order valence-corrected chi connectivity index (χ2v) is 10.3. The van der Waals surface area contributed by atoms with E-state index in [4.69, 9.17) is 4.74 Å². The van der Waals surface area contributed by atoms with Gasteiger partial charge in [-0.05, 0) is 60.4 Å². The van der Waals surface area contributed by atoms with Gasteiger partial charge in [0, 0.05) is 37.8 Å². The molecule has 0 aromatic heterocycles. The lowest BCUT2D eigenvalue weighted by Crippen LogP contribution is -2.28. The molecule has 1 amide bonds. The Morgan fingerprint density at radius 1 is 1.00 bits per heavy atom. The number of carbonyl (C=O) groups excluding carboxylic acids is 1. The zero-order valence-corrected chi connectivity index (χ0v) is 20.0. The largest absolute Gasteiger partial charge is 0.493 e. The van der Waals surface area contributed by atoms with E-state index in [9.17, 15) is 13.2 Å². The number of carbonyl (C=O) groups is 1. The monoisotopic (exact) mass is 466 g/mol. The van der Waals surface area contributed by atoms with Gasteiger partial charge in [0.1, 0.15) is 5.75 Å². The Hall–Kier alpha value is -2.90. The molecule has 1 heterocycles. The third-order valence-electron chi connectivity index (χ3n) is 6.01. The van der Waals surface area contributed by atoms with Crippen LogP contribution in [0.3, 0.4) is 0 Å². The number of ether oxygens (including phenoxy) is 1. The second-order valence-electron chi connectivity index (χ2n) is 8.41. The van der Waals surface area contributed by atoms with Crippen molar-refractivity contribution in [2.24, 2.45) is 0 Å². The van der Waals surface area contributed by atoms with Gasteiger partial charge in [-0.2, -0.15) is 4.31 Å². The van der Waals surface area contributed by atoms with Gasteiger partial charge in [-0.15, -0.1) is 0 Å². The number of sulfonamides is 1. The molecule has 0 aliphatic carbocycles. The molecule has 0 N–H and O–H groups in total. The van der Waals surface area contributed by atoms with Crippen LogP contribution in [0.15, 0.2) is 65.6 Å². The molecule has 0 saturated carbocycles. The first kappa shape index (κ1) is 23.3. The lowest BCUT2D eigenvalue weighted by molar-refractivity contribution is 0.0784. The van der Waals surface area contributed by atoms with E-state index in [-0.39, 0.29) is 10.8 Å². The van der Waals surface area contributed by atoms with Crippen molar-refractivity contribution in [3.63, 3.8) is 0 Å². The molecule has 33 heavy (non-hydrogen) atoms. The Labute approximate surface area is 195 Å². The fraction of sp³-hybridized carbons (Fsp3) is 0.346. The maximum atomic E-state index is 13.2. The van der Waals surface area contributed by atoms with E-state index in [2.05, 4.69) is 6.92 Å². The van der Waals surface area contributed by atoms with Gasteiger partial charge in [0.25, 0.3) is 5.91 Å². The van der Waals surface area contributed by atoms with E-state index in [1.165, 1.54) is 16.4 Å². The van der Waals surface area contributed by atoms with Gasteiger partial charge >= 0.3 is 0 Å². The Morgan fingerprint density at radius 2 is 1.70 bits per heavy atom. The Morgan fingerprint density at radius 3 is 2.39 bits per heavy atom. The van der Waals surface area contributed by atoms with Crippen LogP contribution in [0.5, 0.6) is 5.75 Å². The lowest BCUT2D eigenvalue weighted by atomic mass is 10.0. The first-order valence-electron chi connectivity index (χ1n) is 11.4. The van der Waals surface area contributed by atoms with Crippen molar-refractivity contribution >= 4 is 26.7 Å². The topological polar surface area (TPSA) is 66.9 Å². The zero-order valence-electron chi connectivity index (χ0n) is 19.2. The van der Waals surface area contributed by atoms with Crippen LogP contribution in [0.2, 0.25) is 0 Å². The van der Waals surface area contributed by atoms with Gasteiger partial charge in [0.05, 0.1) is 11.5 Å². The fourth-order valence-electron chi connectivity index (χ4n) is 4.20. The van der Waals surface area contributed by atoms with Crippen LogP contribution in [0.25, 0.3) is 10.8 Å². The summed E-state index contributed by atoms with van der Waals surface area (Å²) in [5.74, 6) is 0.608. The van der Waals surface area contributed by atoms with Crippen LogP contribution < -0.4 is 4.74 Å². The van der Waals surface area contributed by atoms with Crippen molar-refractivity contribution in [2.45, 2.75) is 37.6 Å². The predicted molar refractivity (Wildman–Crippen MR) is 130 cm³/mol. The van der Waals surface area contributed by atoms with Crippen LogP contribution in [0.4, 0.5) is 0 Å².